The Balaban J connectivity index is 2.14. The smallest absolute Gasteiger partial charge is 0.326 e. The molecule has 0 spiro atoms. The SMILES string of the molecule is CC(C(=O)O)n1c(Cc2cccs2)nc2ccccc21. The molecule has 5 heteroatoms. The molecule has 0 aliphatic heterocycles. The number of hydrogen-bond acceptors (Lipinski definition) is 3. The van der Waals surface area contributed by atoms with E-state index in [2.05, 4.69) is 4.98 Å². The van der Waals surface area contributed by atoms with Crippen LogP contribution in [0.15, 0.2) is 41.8 Å². The summed E-state index contributed by atoms with van der Waals surface area (Å²) in [6, 6.07) is 11.1. The largest absolute Gasteiger partial charge is 0.480 e. The fourth-order valence-electron chi connectivity index (χ4n) is 2.33. The van der Waals surface area contributed by atoms with Crippen LogP contribution in [0.2, 0.25) is 0 Å². The quantitative estimate of drug-likeness (QED) is 0.800. The highest BCUT2D eigenvalue weighted by Gasteiger charge is 2.20. The predicted octanol–water partition coefficient (Wildman–Crippen LogP) is 3.33. The van der Waals surface area contributed by atoms with E-state index in [1.807, 2.05) is 46.3 Å². The Morgan fingerprint density at radius 2 is 2.15 bits per heavy atom. The van der Waals surface area contributed by atoms with Crippen molar-refractivity contribution in [1.82, 2.24) is 9.55 Å². The Hall–Kier alpha value is -2.14. The Bertz CT molecular complexity index is 746. The van der Waals surface area contributed by atoms with E-state index in [4.69, 9.17) is 0 Å². The van der Waals surface area contributed by atoms with Gasteiger partial charge in [-0.25, -0.2) is 9.78 Å². The Labute approximate surface area is 120 Å². The van der Waals surface area contributed by atoms with E-state index in [9.17, 15) is 9.90 Å². The van der Waals surface area contributed by atoms with Gasteiger partial charge in [0.15, 0.2) is 0 Å². The van der Waals surface area contributed by atoms with Gasteiger partial charge in [0.05, 0.1) is 11.0 Å². The van der Waals surface area contributed by atoms with Gasteiger partial charge in [-0.15, -0.1) is 11.3 Å². The molecule has 0 amide bonds. The van der Waals surface area contributed by atoms with E-state index < -0.39 is 12.0 Å². The number of benzene rings is 1. The molecule has 102 valence electrons. The van der Waals surface area contributed by atoms with Gasteiger partial charge in [0.1, 0.15) is 11.9 Å². The molecule has 0 bridgehead atoms. The average molecular weight is 286 g/mol. The van der Waals surface area contributed by atoms with Gasteiger partial charge >= 0.3 is 5.97 Å². The molecule has 0 saturated heterocycles. The van der Waals surface area contributed by atoms with Gasteiger partial charge in [0, 0.05) is 11.3 Å². The molecule has 0 radical (unpaired) electrons. The van der Waals surface area contributed by atoms with Gasteiger partial charge in [-0.2, -0.15) is 0 Å². The highest BCUT2D eigenvalue weighted by atomic mass is 32.1. The van der Waals surface area contributed by atoms with E-state index >= 15 is 0 Å². The third-order valence-corrected chi connectivity index (χ3v) is 4.20. The first-order valence-electron chi connectivity index (χ1n) is 6.38. The second-order valence-corrected chi connectivity index (χ2v) is 5.69. The summed E-state index contributed by atoms with van der Waals surface area (Å²) in [5.41, 5.74) is 1.71. The molecule has 0 fully saturated rings. The summed E-state index contributed by atoms with van der Waals surface area (Å²) in [5.74, 6) is -0.0517. The Morgan fingerprint density at radius 3 is 2.85 bits per heavy atom. The van der Waals surface area contributed by atoms with Gasteiger partial charge < -0.3 is 9.67 Å². The standard InChI is InChI=1S/C15H14N2O2S/c1-10(15(18)19)17-13-7-3-2-6-12(13)16-14(17)9-11-5-4-8-20-11/h2-8,10H,9H2,1H3,(H,18,19). The summed E-state index contributed by atoms with van der Waals surface area (Å²) in [4.78, 5) is 17.1. The Kier molecular flexibility index (Phi) is 3.28. The molecule has 0 aliphatic carbocycles. The van der Waals surface area contributed by atoms with E-state index in [0.717, 1.165) is 16.9 Å². The van der Waals surface area contributed by atoms with Crippen LogP contribution >= 0.6 is 11.3 Å². The van der Waals surface area contributed by atoms with Crippen molar-refractivity contribution in [1.29, 1.82) is 0 Å². The first kappa shape index (κ1) is 12.9. The number of imidazole rings is 1. The minimum atomic E-state index is -0.847. The minimum absolute atomic E-state index is 0.627. The second-order valence-electron chi connectivity index (χ2n) is 4.66. The molecule has 1 atom stereocenters. The Morgan fingerprint density at radius 1 is 1.35 bits per heavy atom. The lowest BCUT2D eigenvalue weighted by Gasteiger charge is -2.13. The molecule has 2 aromatic heterocycles. The number of carbonyl (C=O) groups is 1. The monoisotopic (exact) mass is 286 g/mol. The molecule has 1 aromatic carbocycles. The summed E-state index contributed by atoms with van der Waals surface area (Å²) in [7, 11) is 0. The molecule has 0 saturated carbocycles. The zero-order chi connectivity index (χ0) is 14.1. The number of para-hydroxylation sites is 2. The number of rotatable bonds is 4. The first-order chi connectivity index (χ1) is 9.66. The van der Waals surface area contributed by atoms with E-state index in [-0.39, 0.29) is 0 Å². The summed E-state index contributed by atoms with van der Waals surface area (Å²) in [6.07, 6.45) is 0.657. The number of carboxylic acids is 1. The van der Waals surface area contributed by atoms with Crippen molar-refractivity contribution in [3.63, 3.8) is 0 Å². The summed E-state index contributed by atoms with van der Waals surface area (Å²) in [6.45, 7) is 1.69. The lowest BCUT2D eigenvalue weighted by atomic mass is 10.2. The maximum Gasteiger partial charge on any atom is 0.326 e. The van der Waals surface area contributed by atoms with Gasteiger partial charge in [-0.05, 0) is 30.5 Å². The topological polar surface area (TPSA) is 55.1 Å². The van der Waals surface area contributed by atoms with Crippen molar-refractivity contribution in [2.24, 2.45) is 0 Å². The number of thiophene rings is 1. The van der Waals surface area contributed by atoms with E-state index in [0.29, 0.717) is 6.42 Å². The van der Waals surface area contributed by atoms with Crippen LogP contribution in [0.5, 0.6) is 0 Å². The molecule has 0 aliphatic rings. The molecular formula is C15H14N2O2S. The zero-order valence-electron chi connectivity index (χ0n) is 11.0. The molecule has 4 nitrogen and oxygen atoms in total. The van der Waals surface area contributed by atoms with E-state index in [1.54, 1.807) is 18.3 Å². The lowest BCUT2D eigenvalue weighted by molar-refractivity contribution is -0.140. The first-order valence-corrected chi connectivity index (χ1v) is 7.26. The van der Waals surface area contributed by atoms with Gasteiger partial charge in [0.2, 0.25) is 0 Å². The maximum atomic E-state index is 11.4. The average Bonchev–Trinajstić information content (AvgIpc) is 3.05. The van der Waals surface area contributed by atoms with Crippen LogP contribution in [0, 0.1) is 0 Å². The highest BCUT2D eigenvalue weighted by molar-refractivity contribution is 7.09. The fraction of sp³-hybridized carbons (Fsp3) is 0.200. The van der Waals surface area contributed by atoms with Gasteiger partial charge in [-0.3, -0.25) is 0 Å². The summed E-state index contributed by atoms with van der Waals surface area (Å²) in [5, 5.41) is 11.3. The molecule has 1 N–H and O–H groups in total. The number of nitrogens with zero attached hydrogens (tertiary/aromatic N) is 2. The van der Waals surface area contributed by atoms with Crippen LogP contribution in [0.3, 0.4) is 0 Å². The van der Waals surface area contributed by atoms with Gasteiger partial charge in [-0.1, -0.05) is 18.2 Å². The number of carboxylic acid groups (broad SMARTS) is 1. The number of aromatic nitrogens is 2. The van der Waals surface area contributed by atoms with Crippen LogP contribution in [-0.4, -0.2) is 20.6 Å². The molecule has 20 heavy (non-hydrogen) atoms. The highest BCUT2D eigenvalue weighted by Crippen LogP contribution is 2.24. The van der Waals surface area contributed by atoms with Crippen LogP contribution < -0.4 is 0 Å². The van der Waals surface area contributed by atoms with Crippen molar-refractivity contribution in [2.45, 2.75) is 19.4 Å². The second kappa shape index (κ2) is 5.09. The molecular weight excluding hydrogens is 272 g/mol. The molecule has 1 unspecified atom stereocenters. The van der Waals surface area contributed by atoms with Crippen LogP contribution in [-0.2, 0) is 11.2 Å². The zero-order valence-corrected chi connectivity index (χ0v) is 11.8. The van der Waals surface area contributed by atoms with Crippen LogP contribution in [0.25, 0.3) is 11.0 Å². The summed E-state index contributed by atoms with van der Waals surface area (Å²) >= 11 is 1.66. The third kappa shape index (κ3) is 2.20. The molecule has 2 heterocycles. The number of fused-ring (bicyclic) bond motifs is 1. The van der Waals surface area contributed by atoms with E-state index in [1.165, 1.54) is 4.88 Å². The maximum absolute atomic E-state index is 11.4. The van der Waals surface area contributed by atoms with Crippen molar-refractivity contribution < 1.29 is 9.90 Å². The molecule has 3 rings (SSSR count). The van der Waals surface area contributed by atoms with Gasteiger partial charge in [0.25, 0.3) is 0 Å². The number of aliphatic carboxylic acids is 1. The molecule has 3 aromatic rings. The van der Waals surface area contributed by atoms with Crippen LogP contribution in [0.1, 0.15) is 23.7 Å². The summed E-state index contributed by atoms with van der Waals surface area (Å²) < 4.78 is 1.82. The van der Waals surface area contributed by atoms with Crippen molar-refractivity contribution in [2.75, 3.05) is 0 Å². The third-order valence-electron chi connectivity index (χ3n) is 3.33. The number of hydrogen-bond donors (Lipinski definition) is 1. The fourth-order valence-corrected chi connectivity index (χ4v) is 3.03. The van der Waals surface area contributed by atoms with Crippen molar-refractivity contribution in [3.8, 4) is 0 Å². The normalized spacial score (nSPS) is 12.7. The van der Waals surface area contributed by atoms with Crippen molar-refractivity contribution in [3.05, 3.63) is 52.5 Å². The predicted molar refractivity (Wildman–Crippen MR) is 79.2 cm³/mol. The lowest BCUT2D eigenvalue weighted by Crippen LogP contribution is -2.18. The van der Waals surface area contributed by atoms with Crippen molar-refractivity contribution >= 4 is 28.3 Å². The minimum Gasteiger partial charge on any atom is -0.480 e. The van der Waals surface area contributed by atoms with Crippen LogP contribution in [0.4, 0.5) is 0 Å².